The second-order valence-electron chi connectivity index (χ2n) is 8.01. The number of halogens is 1. The van der Waals surface area contributed by atoms with Crippen LogP contribution < -0.4 is 0 Å². The second-order valence-corrected chi connectivity index (χ2v) is 8.40. The van der Waals surface area contributed by atoms with Crippen LogP contribution in [0.5, 0.6) is 0 Å². The van der Waals surface area contributed by atoms with Crippen LogP contribution in [0.2, 0.25) is 5.15 Å². The Morgan fingerprint density at radius 2 is 2.00 bits per heavy atom. The minimum absolute atomic E-state index is 0.108. The van der Waals surface area contributed by atoms with E-state index in [1.165, 1.54) is 18.4 Å². The van der Waals surface area contributed by atoms with Gasteiger partial charge in [0.05, 0.1) is 0 Å². The predicted molar refractivity (Wildman–Crippen MR) is 113 cm³/mol. The minimum Gasteiger partial charge on any atom is -0.335 e. The van der Waals surface area contributed by atoms with Gasteiger partial charge < -0.3 is 9.80 Å². The summed E-state index contributed by atoms with van der Waals surface area (Å²) in [5.74, 6) is 0.692. The zero-order chi connectivity index (χ0) is 19.3. The average Bonchev–Trinajstić information content (AvgIpc) is 2.73. The molecule has 4 nitrogen and oxygen atoms in total. The molecule has 28 heavy (non-hydrogen) atoms. The molecule has 0 radical (unpaired) electrons. The van der Waals surface area contributed by atoms with Crippen LogP contribution in [0.15, 0.2) is 48.7 Å². The summed E-state index contributed by atoms with van der Waals surface area (Å²) in [7, 11) is 0. The van der Waals surface area contributed by atoms with Crippen molar-refractivity contribution in [3.63, 3.8) is 0 Å². The standard InChI is InChI=1S/C23H28ClN3O/c24-22-16-19(10-12-25-22)23(28)27-14-5-9-20-17-26(15-11-21(20)27)13-4-8-18-6-2-1-3-7-18/h1-3,6-7,10,12,16,20-21H,4-5,8-9,11,13-15,17H2/t20-,21+/m1/s1. The first kappa shape index (κ1) is 19.4. The number of hydrogen-bond donors (Lipinski definition) is 0. The van der Waals surface area contributed by atoms with Gasteiger partial charge in [-0.2, -0.15) is 0 Å². The minimum atomic E-state index is 0.108. The molecule has 5 heteroatoms. The highest BCUT2D eigenvalue weighted by Crippen LogP contribution is 2.32. The Kier molecular flexibility index (Phi) is 6.28. The van der Waals surface area contributed by atoms with Crippen molar-refractivity contribution in [1.82, 2.24) is 14.8 Å². The second kappa shape index (κ2) is 9.06. The Balaban J connectivity index is 1.33. The first-order valence-corrected chi connectivity index (χ1v) is 10.8. The van der Waals surface area contributed by atoms with E-state index in [1.54, 1.807) is 18.3 Å². The number of hydrogen-bond acceptors (Lipinski definition) is 3. The summed E-state index contributed by atoms with van der Waals surface area (Å²) in [5, 5.41) is 0.382. The monoisotopic (exact) mass is 397 g/mol. The number of nitrogens with zero attached hydrogens (tertiary/aromatic N) is 3. The van der Waals surface area contributed by atoms with Gasteiger partial charge in [0.2, 0.25) is 0 Å². The number of pyridine rings is 1. The molecule has 2 aliphatic rings. The summed E-state index contributed by atoms with van der Waals surface area (Å²) in [6.45, 7) is 4.19. The van der Waals surface area contributed by atoms with E-state index in [9.17, 15) is 4.79 Å². The number of aromatic nitrogens is 1. The zero-order valence-electron chi connectivity index (χ0n) is 16.3. The normalized spacial score (nSPS) is 22.7. The third-order valence-corrected chi connectivity index (χ3v) is 6.38. The Labute approximate surface area is 172 Å². The van der Waals surface area contributed by atoms with Crippen LogP contribution >= 0.6 is 11.6 Å². The fourth-order valence-electron chi connectivity index (χ4n) is 4.79. The summed E-state index contributed by atoms with van der Waals surface area (Å²) in [6.07, 6.45) is 7.33. The van der Waals surface area contributed by atoms with Crippen LogP contribution in [0.3, 0.4) is 0 Å². The topological polar surface area (TPSA) is 36.4 Å². The number of amides is 1. The van der Waals surface area contributed by atoms with Crippen LogP contribution in [-0.4, -0.2) is 52.9 Å². The average molecular weight is 398 g/mol. The molecule has 0 aliphatic carbocycles. The molecule has 1 amide bonds. The predicted octanol–water partition coefficient (Wildman–Crippen LogP) is 4.29. The number of aryl methyl sites for hydroxylation is 1. The van der Waals surface area contributed by atoms with Gasteiger partial charge >= 0.3 is 0 Å². The smallest absolute Gasteiger partial charge is 0.254 e. The molecule has 0 N–H and O–H groups in total. The number of carbonyl (C=O) groups is 1. The van der Waals surface area contributed by atoms with Crippen molar-refractivity contribution in [1.29, 1.82) is 0 Å². The van der Waals surface area contributed by atoms with Gasteiger partial charge in [0.1, 0.15) is 5.15 Å². The molecule has 2 aliphatic heterocycles. The van der Waals surface area contributed by atoms with Crippen molar-refractivity contribution in [3.8, 4) is 0 Å². The van der Waals surface area contributed by atoms with Crippen molar-refractivity contribution >= 4 is 17.5 Å². The molecule has 0 unspecified atom stereocenters. The number of likely N-dealkylation sites (tertiary alicyclic amines) is 2. The number of rotatable bonds is 5. The van der Waals surface area contributed by atoms with Gasteiger partial charge in [0.15, 0.2) is 0 Å². The zero-order valence-corrected chi connectivity index (χ0v) is 17.0. The summed E-state index contributed by atoms with van der Waals surface area (Å²) in [4.78, 5) is 21.7. The van der Waals surface area contributed by atoms with Crippen molar-refractivity contribution in [2.45, 2.75) is 38.1 Å². The van der Waals surface area contributed by atoms with Gasteiger partial charge in [-0.25, -0.2) is 4.98 Å². The third kappa shape index (κ3) is 4.56. The molecule has 1 aromatic heterocycles. The molecule has 2 saturated heterocycles. The van der Waals surface area contributed by atoms with Gasteiger partial charge in [-0.3, -0.25) is 4.79 Å². The van der Waals surface area contributed by atoms with Crippen molar-refractivity contribution < 1.29 is 4.79 Å². The van der Waals surface area contributed by atoms with E-state index in [0.717, 1.165) is 45.4 Å². The summed E-state index contributed by atoms with van der Waals surface area (Å²) < 4.78 is 0. The number of fused-ring (bicyclic) bond motifs is 1. The largest absolute Gasteiger partial charge is 0.335 e. The molecule has 4 rings (SSSR count). The van der Waals surface area contributed by atoms with Crippen LogP contribution in [-0.2, 0) is 6.42 Å². The molecule has 0 spiro atoms. The highest BCUT2D eigenvalue weighted by Gasteiger charge is 2.38. The van der Waals surface area contributed by atoms with Gasteiger partial charge in [-0.1, -0.05) is 41.9 Å². The van der Waals surface area contributed by atoms with Crippen LogP contribution in [0.25, 0.3) is 0 Å². The van der Waals surface area contributed by atoms with Crippen molar-refractivity contribution in [3.05, 3.63) is 64.9 Å². The lowest BCUT2D eigenvalue weighted by Crippen LogP contribution is -2.55. The van der Waals surface area contributed by atoms with Crippen LogP contribution in [0.1, 0.15) is 41.6 Å². The Morgan fingerprint density at radius 3 is 2.82 bits per heavy atom. The fourth-order valence-corrected chi connectivity index (χ4v) is 4.96. The van der Waals surface area contributed by atoms with E-state index in [4.69, 9.17) is 11.6 Å². The summed E-state index contributed by atoms with van der Waals surface area (Å²) >= 11 is 5.99. The van der Waals surface area contributed by atoms with Gasteiger partial charge in [-0.15, -0.1) is 0 Å². The SMILES string of the molecule is O=C(c1ccnc(Cl)c1)N1CCC[C@@H]2CN(CCCc3ccccc3)CC[C@@H]21. The lowest BCUT2D eigenvalue weighted by Gasteiger charge is -2.47. The first-order chi connectivity index (χ1) is 13.7. The van der Waals surface area contributed by atoms with Crippen molar-refractivity contribution in [2.75, 3.05) is 26.2 Å². The van der Waals surface area contributed by atoms with Gasteiger partial charge in [-0.05, 0) is 62.3 Å². The highest BCUT2D eigenvalue weighted by atomic mass is 35.5. The number of piperidine rings is 2. The van der Waals surface area contributed by atoms with E-state index in [2.05, 4.69) is 45.1 Å². The Morgan fingerprint density at radius 1 is 1.14 bits per heavy atom. The molecule has 0 bridgehead atoms. The molecule has 2 fully saturated rings. The van der Waals surface area contributed by atoms with E-state index in [1.807, 2.05) is 0 Å². The van der Waals surface area contributed by atoms with Crippen LogP contribution in [0.4, 0.5) is 0 Å². The van der Waals surface area contributed by atoms with E-state index >= 15 is 0 Å². The maximum atomic E-state index is 13.0. The van der Waals surface area contributed by atoms with Gasteiger partial charge in [0.25, 0.3) is 5.91 Å². The fraction of sp³-hybridized carbons (Fsp3) is 0.478. The molecular formula is C23H28ClN3O. The lowest BCUT2D eigenvalue weighted by atomic mass is 9.83. The highest BCUT2D eigenvalue weighted by molar-refractivity contribution is 6.29. The van der Waals surface area contributed by atoms with E-state index in [0.29, 0.717) is 22.7 Å². The molecule has 0 saturated carbocycles. The summed E-state index contributed by atoms with van der Waals surface area (Å²) in [5.41, 5.74) is 2.08. The maximum absolute atomic E-state index is 13.0. The number of carbonyl (C=O) groups excluding carboxylic acids is 1. The maximum Gasteiger partial charge on any atom is 0.254 e. The molecule has 1 aromatic carbocycles. The van der Waals surface area contributed by atoms with Crippen LogP contribution in [0, 0.1) is 5.92 Å². The van der Waals surface area contributed by atoms with E-state index < -0.39 is 0 Å². The lowest BCUT2D eigenvalue weighted by molar-refractivity contribution is 0.0200. The molecule has 2 aromatic rings. The first-order valence-electron chi connectivity index (χ1n) is 10.4. The Bertz CT molecular complexity index is 797. The third-order valence-electron chi connectivity index (χ3n) is 6.17. The quantitative estimate of drug-likeness (QED) is 0.706. The van der Waals surface area contributed by atoms with Gasteiger partial charge in [0, 0.05) is 37.4 Å². The molecule has 2 atom stereocenters. The molecule has 148 valence electrons. The summed E-state index contributed by atoms with van der Waals surface area (Å²) in [6, 6.07) is 14.5. The molecule has 3 heterocycles. The number of benzene rings is 1. The Hall–Kier alpha value is -1.91. The van der Waals surface area contributed by atoms with Crippen molar-refractivity contribution in [2.24, 2.45) is 5.92 Å². The molecular weight excluding hydrogens is 370 g/mol. The van der Waals surface area contributed by atoms with E-state index in [-0.39, 0.29) is 5.91 Å².